The first-order valence-electron chi connectivity index (χ1n) is 9.32. The molecule has 2 aromatic rings. The van der Waals surface area contributed by atoms with Crippen LogP contribution in [0, 0.1) is 5.92 Å². The fraction of sp³-hybridized carbons (Fsp3) is 0.429. The molecule has 150 valence electrons. The number of thiophene rings is 1. The van der Waals surface area contributed by atoms with Crippen molar-refractivity contribution in [1.29, 1.82) is 0 Å². The molecule has 2 amide bonds. The van der Waals surface area contributed by atoms with Crippen molar-refractivity contribution < 1.29 is 19.1 Å². The number of piperidine rings is 1. The number of likely N-dealkylation sites (tertiary alicyclic amines) is 1. The van der Waals surface area contributed by atoms with Crippen LogP contribution < -0.4 is 9.47 Å². The van der Waals surface area contributed by atoms with E-state index in [-0.39, 0.29) is 17.7 Å². The molecule has 0 radical (unpaired) electrons. The summed E-state index contributed by atoms with van der Waals surface area (Å²) >= 11 is 1.44. The molecule has 1 unspecified atom stereocenters. The van der Waals surface area contributed by atoms with E-state index in [0.717, 1.165) is 23.3 Å². The standard InChI is InChI=1S/C21H26N2O4S/c1-22(13-15-8-9-17(26-2)18(12-15)27-3)20(24)16-6-4-10-23(14-16)21(25)19-7-5-11-28-19/h5,7-9,11-12,16H,4,6,10,13-14H2,1-3H3. The fourth-order valence-electron chi connectivity index (χ4n) is 3.56. The Balaban J connectivity index is 1.63. The summed E-state index contributed by atoms with van der Waals surface area (Å²) in [5.41, 5.74) is 0.968. The Labute approximate surface area is 169 Å². The lowest BCUT2D eigenvalue weighted by Crippen LogP contribution is -2.45. The molecule has 1 aliphatic rings. The molecule has 1 aromatic heterocycles. The predicted molar refractivity (Wildman–Crippen MR) is 109 cm³/mol. The van der Waals surface area contributed by atoms with Crippen molar-refractivity contribution in [2.45, 2.75) is 19.4 Å². The molecule has 0 spiro atoms. The molecule has 6 nitrogen and oxygen atoms in total. The maximum absolute atomic E-state index is 13.0. The van der Waals surface area contributed by atoms with Gasteiger partial charge in [-0.1, -0.05) is 12.1 Å². The number of ether oxygens (including phenoxy) is 2. The average molecular weight is 403 g/mol. The Morgan fingerprint density at radius 1 is 1.21 bits per heavy atom. The molecule has 2 heterocycles. The van der Waals surface area contributed by atoms with Crippen LogP contribution in [0.5, 0.6) is 11.5 Å². The van der Waals surface area contributed by atoms with Gasteiger partial charge in [-0.25, -0.2) is 0 Å². The molecule has 1 atom stereocenters. The second-order valence-electron chi connectivity index (χ2n) is 6.95. The summed E-state index contributed by atoms with van der Waals surface area (Å²) < 4.78 is 10.6. The van der Waals surface area contributed by atoms with Crippen LogP contribution in [0.15, 0.2) is 35.7 Å². The van der Waals surface area contributed by atoms with Gasteiger partial charge >= 0.3 is 0 Å². The lowest BCUT2D eigenvalue weighted by molar-refractivity contribution is -0.136. The Morgan fingerprint density at radius 3 is 2.68 bits per heavy atom. The molecule has 1 saturated heterocycles. The number of carbonyl (C=O) groups is 2. The maximum Gasteiger partial charge on any atom is 0.263 e. The quantitative estimate of drug-likeness (QED) is 0.744. The minimum atomic E-state index is -0.164. The van der Waals surface area contributed by atoms with Crippen molar-refractivity contribution in [2.24, 2.45) is 5.92 Å². The van der Waals surface area contributed by atoms with Gasteiger partial charge in [0.25, 0.3) is 5.91 Å². The second-order valence-corrected chi connectivity index (χ2v) is 7.90. The summed E-state index contributed by atoms with van der Waals surface area (Å²) in [6.07, 6.45) is 1.65. The van der Waals surface area contributed by atoms with E-state index in [1.54, 1.807) is 26.2 Å². The average Bonchev–Trinajstić information content (AvgIpc) is 3.27. The molecule has 0 aliphatic carbocycles. The number of carbonyl (C=O) groups excluding carboxylic acids is 2. The van der Waals surface area contributed by atoms with Gasteiger partial charge in [0.2, 0.25) is 5.91 Å². The van der Waals surface area contributed by atoms with Gasteiger partial charge in [0.1, 0.15) is 0 Å². The van der Waals surface area contributed by atoms with E-state index in [1.165, 1.54) is 11.3 Å². The summed E-state index contributed by atoms with van der Waals surface area (Å²) in [7, 11) is 5.00. The van der Waals surface area contributed by atoms with Gasteiger partial charge in [-0.2, -0.15) is 0 Å². The van der Waals surface area contributed by atoms with Gasteiger partial charge in [-0.3, -0.25) is 9.59 Å². The van der Waals surface area contributed by atoms with Gasteiger partial charge < -0.3 is 19.3 Å². The highest BCUT2D eigenvalue weighted by Crippen LogP contribution is 2.28. The van der Waals surface area contributed by atoms with Crippen LogP contribution >= 0.6 is 11.3 Å². The first-order chi connectivity index (χ1) is 13.5. The van der Waals surface area contributed by atoms with Crippen molar-refractivity contribution in [3.05, 3.63) is 46.2 Å². The monoisotopic (exact) mass is 402 g/mol. The topological polar surface area (TPSA) is 59.1 Å². The number of benzene rings is 1. The van der Waals surface area contributed by atoms with Gasteiger partial charge in [-0.15, -0.1) is 11.3 Å². The zero-order valence-corrected chi connectivity index (χ0v) is 17.3. The number of amides is 2. The molecule has 0 saturated carbocycles. The SMILES string of the molecule is COc1ccc(CN(C)C(=O)C2CCCN(C(=O)c3cccs3)C2)cc1OC. The largest absolute Gasteiger partial charge is 0.493 e. The third kappa shape index (κ3) is 4.47. The molecule has 1 aromatic carbocycles. The minimum absolute atomic E-state index is 0.0232. The summed E-state index contributed by atoms with van der Waals surface area (Å²) in [6, 6.07) is 9.37. The smallest absolute Gasteiger partial charge is 0.263 e. The van der Waals surface area contributed by atoms with Crippen molar-refractivity contribution in [3.8, 4) is 11.5 Å². The third-order valence-corrected chi connectivity index (χ3v) is 5.89. The number of rotatable bonds is 6. The zero-order chi connectivity index (χ0) is 20.1. The molecule has 1 fully saturated rings. The first kappa shape index (κ1) is 20.2. The summed E-state index contributed by atoms with van der Waals surface area (Å²) in [6.45, 7) is 1.67. The van der Waals surface area contributed by atoms with E-state index in [2.05, 4.69) is 0 Å². The normalized spacial score (nSPS) is 16.5. The van der Waals surface area contributed by atoms with Gasteiger partial charge in [0.05, 0.1) is 25.0 Å². The Hall–Kier alpha value is -2.54. The van der Waals surface area contributed by atoms with Crippen LogP contribution in [0.2, 0.25) is 0 Å². The predicted octanol–water partition coefficient (Wildman–Crippen LogP) is 3.28. The molecule has 3 rings (SSSR count). The number of methoxy groups -OCH3 is 2. The van der Waals surface area contributed by atoms with Gasteiger partial charge in [-0.05, 0) is 42.0 Å². The first-order valence-corrected chi connectivity index (χ1v) is 10.2. The van der Waals surface area contributed by atoms with Crippen LogP contribution in [0.4, 0.5) is 0 Å². The van der Waals surface area contributed by atoms with E-state index >= 15 is 0 Å². The minimum Gasteiger partial charge on any atom is -0.493 e. The zero-order valence-electron chi connectivity index (χ0n) is 16.5. The van der Waals surface area contributed by atoms with E-state index in [0.29, 0.717) is 31.1 Å². The molecular weight excluding hydrogens is 376 g/mol. The maximum atomic E-state index is 13.0. The van der Waals surface area contributed by atoms with E-state index < -0.39 is 0 Å². The van der Waals surface area contributed by atoms with Crippen molar-refractivity contribution in [3.63, 3.8) is 0 Å². The number of hydrogen-bond acceptors (Lipinski definition) is 5. The highest BCUT2D eigenvalue weighted by atomic mass is 32.1. The molecule has 28 heavy (non-hydrogen) atoms. The Kier molecular flexibility index (Phi) is 6.57. The number of hydrogen-bond donors (Lipinski definition) is 0. The van der Waals surface area contributed by atoms with E-state index in [9.17, 15) is 9.59 Å². The lowest BCUT2D eigenvalue weighted by Gasteiger charge is -2.33. The molecule has 0 N–H and O–H groups in total. The number of nitrogens with zero attached hydrogens (tertiary/aromatic N) is 2. The summed E-state index contributed by atoms with van der Waals surface area (Å²) in [5, 5.41) is 1.90. The van der Waals surface area contributed by atoms with Gasteiger partial charge in [0.15, 0.2) is 11.5 Å². The van der Waals surface area contributed by atoms with Gasteiger partial charge in [0, 0.05) is 26.7 Å². The van der Waals surface area contributed by atoms with Crippen LogP contribution in [0.3, 0.4) is 0 Å². The summed E-state index contributed by atoms with van der Waals surface area (Å²) in [4.78, 5) is 29.8. The highest BCUT2D eigenvalue weighted by molar-refractivity contribution is 7.12. The Bertz CT molecular complexity index is 822. The van der Waals surface area contributed by atoms with E-state index in [4.69, 9.17) is 9.47 Å². The second kappa shape index (κ2) is 9.10. The molecule has 1 aliphatic heterocycles. The molecule has 7 heteroatoms. The third-order valence-electron chi connectivity index (χ3n) is 5.03. The molecular formula is C21H26N2O4S. The van der Waals surface area contributed by atoms with E-state index in [1.807, 2.05) is 40.6 Å². The lowest BCUT2D eigenvalue weighted by atomic mass is 9.96. The van der Waals surface area contributed by atoms with Crippen molar-refractivity contribution in [1.82, 2.24) is 9.80 Å². The fourth-order valence-corrected chi connectivity index (χ4v) is 4.25. The van der Waals surface area contributed by atoms with Crippen molar-refractivity contribution in [2.75, 3.05) is 34.4 Å². The van der Waals surface area contributed by atoms with Crippen LogP contribution in [0.1, 0.15) is 28.1 Å². The van der Waals surface area contributed by atoms with Crippen LogP contribution in [0.25, 0.3) is 0 Å². The van der Waals surface area contributed by atoms with Crippen LogP contribution in [-0.2, 0) is 11.3 Å². The summed E-state index contributed by atoms with van der Waals surface area (Å²) in [5.74, 6) is 1.23. The van der Waals surface area contributed by atoms with Crippen molar-refractivity contribution >= 4 is 23.2 Å². The van der Waals surface area contributed by atoms with Crippen LogP contribution in [-0.4, -0.2) is 56.0 Å². The molecule has 0 bridgehead atoms. The highest BCUT2D eigenvalue weighted by Gasteiger charge is 2.31. The Morgan fingerprint density at radius 2 is 2.00 bits per heavy atom.